The fourth-order valence-electron chi connectivity index (χ4n) is 4.40. The molecule has 0 aromatic heterocycles. The first-order valence-corrected chi connectivity index (χ1v) is 12.7. The van der Waals surface area contributed by atoms with E-state index in [9.17, 15) is 28.3 Å². The summed E-state index contributed by atoms with van der Waals surface area (Å²) >= 11 is 0. The van der Waals surface area contributed by atoms with Gasteiger partial charge < -0.3 is 25.8 Å². The second-order valence-electron chi connectivity index (χ2n) is 9.48. The minimum Gasteiger partial charge on any atom is -0.469 e. The number of rotatable bonds is 12. The van der Waals surface area contributed by atoms with Crippen LogP contribution in [0.25, 0.3) is 11.1 Å². The molecule has 0 heterocycles. The molecule has 3 aromatic rings. The Morgan fingerprint density at radius 3 is 2.17 bits per heavy atom. The number of carbonyl (C=O) groups is 3. The lowest BCUT2D eigenvalue weighted by Crippen LogP contribution is -2.48. The van der Waals surface area contributed by atoms with Gasteiger partial charge in [-0.15, -0.1) is 0 Å². The van der Waals surface area contributed by atoms with Crippen molar-refractivity contribution in [1.82, 2.24) is 10.6 Å². The van der Waals surface area contributed by atoms with E-state index in [1.165, 1.54) is 21.0 Å². The van der Waals surface area contributed by atoms with Crippen LogP contribution in [0.1, 0.15) is 37.4 Å². The van der Waals surface area contributed by atoms with E-state index in [-0.39, 0.29) is 30.9 Å². The van der Waals surface area contributed by atoms with Crippen LogP contribution in [0.5, 0.6) is 0 Å². The number of hydrogen-bond donors (Lipinski definition) is 4. The summed E-state index contributed by atoms with van der Waals surface area (Å²) in [5, 5.41) is 19.5. The van der Waals surface area contributed by atoms with Gasteiger partial charge in [0.15, 0.2) is 0 Å². The average Bonchev–Trinajstić information content (AvgIpc) is 2.89. The van der Waals surface area contributed by atoms with Gasteiger partial charge in [-0.25, -0.2) is 8.78 Å². The highest BCUT2D eigenvalue weighted by Gasteiger charge is 2.24. The number of nitrogens with one attached hydrogen (secondary N) is 3. The molecule has 0 aliphatic rings. The lowest BCUT2D eigenvalue weighted by atomic mass is 9.96. The maximum absolute atomic E-state index is 13.7. The second-order valence-corrected chi connectivity index (χ2v) is 9.48. The van der Waals surface area contributed by atoms with Crippen LogP contribution in [0.15, 0.2) is 66.7 Å². The maximum Gasteiger partial charge on any atom is 0.307 e. The Morgan fingerprint density at radius 2 is 1.55 bits per heavy atom. The van der Waals surface area contributed by atoms with E-state index in [1.807, 2.05) is 42.5 Å². The lowest BCUT2D eigenvalue weighted by molar-refractivity contribution is -0.141. The van der Waals surface area contributed by atoms with Crippen molar-refractivity contribution in [3.05, 3.63) is 89.5 Å². The molecular weight excluding hydrogens is 520 g/mol. The van der Waals surface area contributed by atoms with E-state index in [2.05, 4.69) is 16.0 Å². The predicted molar refractivity (Wildman–Crippen MR) is 147 cm³/mol. The number of aliphatic hydroxyl groups is 1. The van der Waals surface area contributed by atoms with E-state index < -0.39 is 41.7 Å². The molecule has 212 valence electrons. The molecule has 3 aromatic carbocycles. The molecule has 0 spiro atoms. The van der Waals surface area contributed by atoms with Gasteiger partial charge >= 0.3 is 5.97 Å². The van der Waals surface area contributed by atoms with Crippen LogP contribution >= 0.6 is 0 Å². The van der Waals surface area contributed by atoms with Crippen LogP contribution in [0.3, 0.4) is 0 Å². The molecule has 0 aliphatic heterocycles. The molecule has 10 heteroatoms. The van der Waals surface area contributed by atoms with Gasteiger partial charge in [-0.05, 0) is 59.0 Å². The first-order valence-electron chi connectivity index (χ1n) is 12.7. The van der Waals surface area contributed by atoms with Gasteiger partial charge in [0.25, 0.3) is 0 Å². The topological polar surface area (TPSA) is 117 Å². The van der Waals surface area contributed by atoms with Gasteiger partial charge in [0.05, 0.1) is 25.7 Å². The Labute approximate surface area is 231 Å². The van der Waals surface area contributed by atoms with Gasteiger partial charge in [-0.3, -0.25) is 14.4 Å². The van der Waals surface area contributed by atoms with Crippen LogP contribution in [-0.4, -0.2) is 48.7 Å². The van der Waals surface area contributed by atoms with Crippen LogP contribution < -0.4 is 16.0 Å². The zero-order chi connectivity index (χ0) is 29.2. The monoisotopic (exact) mass is 553 g/mol. The van der Waals surface area contributed by atoms with E-state index in [0.717, 1.165) is 34.9 Å². The Morgan fingerprint density at radius 1 is 0.900 bits per heavy atom. The summed E-state index contributed by atoms with van der Waals surface area (Å²) in [5.74, 6) is -2.60. The van der Waals surface area contributed by atoms with Crippen molar-refractivity contribution >= 4 is 23.5 Å². The van der Waals surface area contributed by atoms with Gasteiger partial charge in [-0.1, -0.05) is 30.3 Å². The van der Waals surface area contributed by atoms with Crippen LogP contribution in [0.2, 0.25) is 0 Å². The van der Waals surface area contributed by atoms with Crippen LogP contribution in [-0.2, 0) is 25.5 Å². The Bertz CT molecular complexity index is 1330. The number of halogens is 2. The standard InChI is InChI=1S/C30H33F2N3O5/c1-18(36)34-26-9-5-7-22(14-26)21-6-4-8-23(13-21)27(16-30(39)40-3)33-17-29(38)28(35-19(2)37)12-20-10-24(31)15-25(32)11-20/h4-11,13-15,27-29,33,38H,12,16-17H2,1-3H3,(H,34,36)(H,35,37)/t27?,28-,29+/m0/s1. The van der Waals surface area contributed by atoms with Crippen molar-refractivity contribution in [2.45, 2.75) is 44.9 Å². The van der Waals surface area contributed by atoms with E-state index in [1.54, 1.807) is 6.07 Å². The van der Waals surface area contributed by atoms with Crippen molar-refractivity contribution in [3.8, 4) is 11.1 Å². The summed E-state index contributed by atoms with van der Waals surface area (Å²) in [4.78, 5) is 35.5. The molecule has 4 N–H and O–H groups in total. The molecule has 1 unspecified atom stereocenters. The number of esters is 1. The molecule has 0 bridgehead atoms. The van der Waals surface area contributed by atoms with Crippen molar-refractivity contribution in [1.29, 1.82) is 0 Å². The van der Waals surface area contributed by atoms with E-state index >= 15 is 0 Å². The first-order chi connectivity index (χ1) is 19.0. The summed E-state index contributed by atoms with van der Waals surface area (Å²) in [5.41, 5.74) is 3.34. The number of amides is 2. The molecule has 3 atom stereocenters. The molecule has 0 saturated carbocycles. The molecule has 3 rings (SSSR count). The minimum atomic E-state index is -1.16. The number of benzene rings is 3. The van der Waals surface area contributed by atoms with Crippen molar-refractivity contribution in [2.75, 3.05) is 19.0 Å². The molecule has 8 nitrogen and oxygen atoms in total. The molecular formula is C30H33F2N3O5. The van der Waals surface area contributed by atoms with Crippen molar-refractivity contribution in [3.63, 3.8) is 0 Å². The predicted octanol–water partition coefficient (Wildman–Crippen LogP) is 3.89. The van der Waals surface area contributed by atoms with Gasteiger partial charge in [0.2, 0.25) is 11.8 Å². The van der Waals surface area contributed by atoms with Crippen LogP contribution in [0.4, 0.5) is 14.5 Å². The summed E-state index contributed by atoms with van der Waals surface area (Å²) < 4.78 is 32.3. The maximum atomic E-state index is 13.7. The van der Waals surface area contributed by atoms with Gasteiger partial charge in [-0.2, -0.15) is 0 Å². The van der Waals surface area contributed by atoms with Crippen LogP contribution in [0, 0.1) is 11.6 Å². The highest BCUT2D eigenvalue weighted by Crippen LogP contribution is 2.27. The van der Waals surface area contributed by atoms with E-state index in [4.69, 9.17) is 4.74 Å². The normalized spacial score (nSPS) is 13.2. The third kappa shape index (κ3) is 9.25. The fraction of sp³-hybridized carbons (Fsp3) is 0.300. The van der Waals surface area contributed by atoms with E-state index in [0.29, 0.717) is 5.69 Å². The zero-order valence-corrected chi connectivity index (χ0v) is 22.5. The number of carbonyl (C=O) groups excluding carboxylic acids is 3. The fourth-order valence-corrected chi connectivity index (χ4v) is 4.40. The average molecular weight is 554 g/mol. The SMILES string of the molecule is COC(=O)CC(NC[C@@H](O)[C@H](Cc1cc(F)cc(F)c1)NC(C)=O)c1cccc(-c2cccc(NC(C)=O)c2)c1. The van der Waals surface area contributed by atoms with Gasteiger partial charge in [0.1, 0.15) is 11.6 Å². The minimum absolute atomic E-state index is 0.0150. The van der Waals surface area contributed by atoms with Crippen molar-refractivity contribution in [2.24, 2.45) is 0 Å². The van der Waals surface area contributed by atoms with Crippen molar-refractivity contribution < 1.29 is 33.0 Å². The molecule has 0 fully saturated rings. The third-order valence-electron chi connectivity index (χ3n) is 6.21. The molecule has 2 amide bonds. The summed E-state index contributed by atoms with van der Waals surface area (Å²) in [6.45, 7) is 2.66. The molecule has 0 aliphatic carbocycles. The second kappa shape index (κ2) is 14.3. The summed E-state index contributed by atoms with van der Waals surface area (Å²) in [6.07, 6.45) is -1.22. The molecule has 0 radical (unpaired) electrons. The lowest BCUT2D eigenvalue weighted by Gasteiger charge is -2.27. The first kappa shape index (κ1) is 30.4. The highest BCUT2D eigenvalue weighted by atomic mass is 19.1. The number of hydrogen-bond acceptors (Lipinski definition) is 6. The largest absolute Gasteiger partial charge is 0.469 e. The third-order valence-corrected chi connectivity index (χ3v) is 6.21. The number of ether oxygens (including phenoxy) is 1. The Balaban J connectivity index is 1.81. The zero-order valence-electron chi connectivity index (χ0n) is 22.5. The molecule has 40 heavy (non-hydrogen) atoms. The number of aliphatic hydroxyl groups excluding tert-OH is 1. The Hall–Kier alpha value is -4.15. The number of anilines is 1. The smallest absolute Gasteiger partial charge is 0.307 e. The highest BCUT2D eigenvalue weighted by molar-refractivity contribution is 5.89. The quantitative estimate of drug-likeness (QED) is 0.253. The summed E-state index contributed by atoms with van der Waals surface area (Å²) in [7, 11) is 1.28. The summed E-state index contributed by atoms with van der Waals surface area (Å²) in [6, 6.07) is 16.4. The van der Waals surface area contributed by atoms with Gasteiger partial charge in [0, 0.05) is 38.2 Å². The Kier molecular flexibility index (Phi) is 10.9. The molecule has 0 saturated heterocycles. The number of methoxy groups -OCH3 is 1.